The second kappa shape index (κ2) is 6.74. The molecular formula is C27H34N2. The molecule has 0 amide bonds. The van der Waals surface area contributed by atoms with Gasteiger partial charge in [0.25, 0.3) is 0 Å². The first-order valence-electron chi connectivity index (χ1n) is 11.3. The van der Waals surface area contributed by atoms with Crippen LogP contribution in [0.4, 0.5) is 0 Å². The monoisotopic (exact) mass is 386 g/mol. The zero-order valence-electron chi connectivity index (χ0n) is 18.3. The van der Waals surface area contributed by atoms with Crippen LogP contribution in [0, 0.1) is 11.8 Å². The van der Waals surface area contributed by atoms with Gasteiger partial charge in [0.05, 0.1) is 5.54 Å². The summed E-state index contributed by atoms with van der Waals surface area (Å²) in [6.07, 6.45) is 6.37. The van der Waals surface area contributed by atoms with Gasteiger partial charge in [-0.25, -0.2) is 0 Å². The van der Waals surface area contributed by atoms with E-state index in [1.807, 2.05) is 0 Å². The van der Waals surface area contributed by atoms with E-state index in [4.69, 9.17) is 0 Å². The number of aryl methyl sites for hydroxylation is 1. The summed E-state index contributed by atoms with van der Waals surface area (Å²) in [5.74, 6) is 1.17. The Morgan fingerprint density at radius 2 is 1.55 bits per heavy atom. The number of rotatable bonds is 2. The number of para-hydroxylation sites is 1. The SMILES string of the molecule is CC1CC2(CCCc3c2[nH]c2ccccc32)CC(C)C1(c1ccccc1)N(C)C. The number of hydrogen-bond donors (Lipinski definition) is 1. The highest BCUT2D eigenvalue weighted by Gasteiger charge is 2.55. The maximum Gasteiger partial charge on any atom is 0.0507 e. The van der Waals surface area contributed by atoms with Crippen LogP contribution in [0.5, 0.6) is 0 Å². The van der Waals surface area contributed by atoms with Gasteiger partial charge in [0.2, 0.25) is 0 Å². The molecule has 152 valence electrons. The van der Waals surface area contributed by atoms with Gasteiger partial charge in [-0.1, -0.05) is 62.4 Å². The number of benzene rings is 2. The van der Waals surface area contributed by atoms with Crippen LogP contribution in [0.25, 0.3) is 10.9 Å². The molecule has 1 fully saturated rings. The van der Waals surface area contributed by atoms with Crippen LogP contribution in [-0.4, -0.2) is 24.0 Å². The van der Waals surface area contributed by atoms with Gasteiger partial charge in [0.1, 0.15) is 0 Å². The van der Waals surface area contributed by atoms with Crippen LogP contribution in [0.2, 0.25) is 0 Å². The Balaban J connectivity index is 1.63. The largest absolute Gasteiger partial charge is 0.358 e. The van der Waals surface area contributed by atoms with Crippen molar-refractivity contribution in [1.29, 1.82) is 0 Å². The highest BCUT2D eigenvalue weighted by Crippen LogP contribution is 2.58. The van der Waals surface area contributed by atoms with Crippen LogP contribution >= 0.6 is 0 Å². The van der Waals surface area contributed by atoms with Gasteiger partial charge in [0, 0.05) is 22.0 Å². The quantitative estimate of drug-likeness (QED) is 0.550. The molecule has 1 saturated carbocycles. The summed E-state index contributed by atoms with van der Waals surface area (Å²) in [5, 5.41) is 1.45. The minimum absolute atomic E-state index is 0.0934. The Morgan fingerprint density at radius 1 is 0.897 bits per heavy atom. The van der Waals surface area contributed by atoms with E-state index < -0.39 is 0 Å². The summed E-state index contributed by atoms with van der Waals surface area (Å²) in [6.45, 7) is 5.00. The molecule has 0 aliphatic heterocycles. The van der Waals surface area contributed by atoms with Crippen molar-refractivity contribution in [2.45, 2.75) is 56.9 Å². The molecule has 29 heavy (non-hydrogen) atoms. The van der Waals surface area contributed by atoms with Gasteiger partial charge >= 0.3 is 0 Å². The van der Waals surface area contributed by atoms with Gasteiger partial charge in [0.15, 0.2) is 0 Å². The van der Waals surface area contributed by atoms with Crippen LogP contribution < -0.4 is 0 Å². The number of fused-ring (bicyclic) bond motifs is 4. The maximum atomic E-state index is 3.90. The minimum atomic E-state index is 0.0934. The summed E-state index contributed by atoms with van der Waals surface area (Å²) in [6, 6.07) is 20.2. The van der Waals surface area contributed by atoms with E-state index in [1.54, 1.807) is 11.3 Å². The fourth-order valence-corrected chi connectivity index (χ4v) is 7.52. The predicted molar refractivity (Wildman–Crippen MR) is 122 cm³/mol. The lowest BCUT2D eigenvalue weighted by molar-refractivity contribution is -0.0425. The van der Waals surface area contributed by atoms with Crippen LogP contribution in [0.1, 0.15) is 56.4 Å². The molecule has 5 rings (SSSR count). The molecule has 0 bridgehead atoms. The molecule has 1 heterocycles. The first kappa shape index (κ1) is 18.9. The van der Waals surface area contributed by atoms with Crippen LogP contribution in [-0.2, 0) is 17.4 Å². The lowest BCUT2D eigenvalue weighted by Gasteiger charge is -2.58. The molecule has 2 aliphatic carbocycles. The third kappa shape index (κ3) is 2.58. The number of nitrogens with one attached hydrogen (secondary N) is 1. The highest BCUT2D eigenvalue weighted by atomic mass is 15.2. The zero-order chi connectivity index (χ0) is 20.2. The second-order valence-corrected chi connectivity index (χ2v) is 9.95. The third-order valence-electron chi connectivity index (χ3n) is 8.30. The fraction of sp³-hybridized carbons (Fsp3) is 0.481. The summed E-state index contributed by atoms with van der Waals surface area (Å²) in [5.41, 5.74) is 6.35. The molecule has 3 aromatic rings. The highest BCUT2D eigenvalue weighted by molar-refractivity contribution is 5.85. The number of H-pyrrole nitrogens is 1. The third-order valence-corrected chi connectivity index (χ3v) is 8.30. The van der Waals surface area contributed by atoms with Gasteiger partial charge in [-0.3, -0.25) is 4.90 Å². The number of hydrogen-bond acceptors (Lipinski definition) is 1. The topological polar surface area (TPSA) is 19.0 Å². The van der Waals surface area contributed by atoms with E-state index in [0.29, 0.717) is 17.3 Å². The maximum absolute atomic E-state index is 3.90. The lowest BCUT2D eigenvalue weighted by atomic mass is 9.52. The fourth-order valence-electron chi connectivity index (χ4n) is 7.52. The Labute approximate surface area is 175 Å². The van der Waals surface area contributed by atoms with Gasteiger partial charge in [-0.05, 0) is 75.2 Å². The molecule has 2 nitrogen and oxygen atoms in total. The number of aromatic nitrogens is 1. The van der Waals surface area contributed by atoms with Gasteiger partial charge < -0.3 is 4.98 Å². The first-order chi connectivity index (χ1) is 14.0. The Bertz CT molecular complexity index is 1000. The summed E-state index contributed by atoms with van der Waals surface area (Å²) < 4.78 is 0. The van der Waals surface area contributed by atoms with E-state index in [0.717, 1.165) is 0 Å². The molecule has 2 atom stereocenters. The van der Waals surface area contributed by atoms with E-state index >= 15 is 0 Å². The van der Waals surface area contributed by atoms with Gasteiger partial charge in [-0.2, -0.15) is 0 Å². The molecular weight excluding hydrogens is 352 g/mol. The molecule has 1 aromatic heterocycles. The molecule has 0 radical (unpaired) electrons. The Kier molecular flexibility index (Phi) is 4.40. The lowest BCUT2D eigenvalue weighted by Crippen LogP contribution is -2.58. The average Bonchev–Trinajstić information content (AvgIpc) is 3.09. The number of nitrogens with zero attached hydrogens (tertiary/aromatic N) is 1. The van der Waals surface area contributed by atoms with Crippen molar-refractivity contribution >= 4 is 10.9 Å². The van der Waals surface area contributed by atoms with Gasteiger partial charge in [-0.15, -0.1) is 0 Å². The average molecular weight is 387 g/mol. The Morgan fingerprint density at radius 3 is 2.24 bits per heavy atom. The van der Waals surface area contributed by atoms with E-state index in [-0.39, 0.29) is 5.54 Å². The van der Waals surface area contributed by atoms with Crippen molar-refractivity contribution in [2.75, 3.05) is 14.1 Å². The molecule has 2 unspecified atom stereocenters. The van der Waals surface area contributed by atoms with Crippen LogP contribution in [0.15, 0.2) is 54.6 Å². The molecule has 2 aromatic carbocycles. The number of aromatic amines is 1. The smallest absolute Gasteiger partial charge is 0.0507 e. The first-order valence-corrected chi connectivity index (χ1v) is 11.3. The normalized spacial score (nSPS) is 32.0. The van der Waals surface area contributed by atoms with E-state index in [2.05, 4.69) is 92.4 Å². The predicted octanol–water partition coefficient (Wildman–Crippen LogP) is 6.27. The van der Waals surface area contributed by atoms with Crippen molar-refractivity contribution in [3.8, 4) is 0 Å². The standard InChI is InChI=1S/C27H34N2/c1-19-17-26(16-10-14-23-22-13-8-9-15-24(22)28-25(23)26)18-20(2)27(19,29(3)4)21-11-6-5-7-12-21/h5-9,11-13,15,19-20,28H,10,14,16-18H2,1-4H3. The summed E-state index contributed by atoms with van der Waals surface area (Å²) >= 11 is 0. The van der Waals surface area contributed by atoms with Crippen molar-refractivity contribution in [2.24, 2.45) is 11.8 Å². The van der Waals surface area contributed by atoms with Crippen LogP contribution in [0.3, 0.4) is 0 Å². The van der Waals surface area contributed by atoms with Crippen molar-refractivity contribution in [3.63, 3.8) is 0 Å². The molecule has 1 spiro atoms. The minimum Gasteiger partial charge on any atom is -0.358 e. The summed E-state index contributed by atoms with van der Waals surface area (Å²) in [7, 11) is 4.57. The molecule has 0 saturated heterocycles. The summed E-state index contributed by atoms with van der Waals surface area (Å²) in [4.78, 5) is 6.41. The van der Waals surface area contributed by atoms with E-state index in [9.17, 15) is 0 Å². The molecule has 2 aliphatic rings. The zero-order valence-corrected chi connectivity index (χ0v) is 18.3. The van der Waals surface area contributed by atoms with Crippen molar-refractivity contribution in [1.82, 2.24) is 9.88 Å². The molecule has 1 N–H and O–H groups in total. The van der Waals surface area contributed by atoms with Crippen molar-refractivity contribution in [3.05, 3.63) is 71.4 Å². The Hall–Kier alpha value is -2.06. The van der Waals surface area contributed by atoms with E-state index in [1.165, 1.54) is 48.6 Å². The second-order valence-electron chi connectivity index (χ2n) is 9.95. The molecule has 2 heteroatoms. The van der Waals surface area contributed by atoms with Crippen molar-refractivity contribution < 1.29 is 0 Å².